The molecule has 0 saturated carbocycles. The molecule has 0 bridgehead atoms. The molecule has 6 amide bonds. The number of aliphatic hydroxyl groups excluding tert-OH is 2. The minimum Gasteiger partial charge on any atom is -0.480 e. The van der Waals surface area contributed by atoms with Crippen LogP contribution in [0.4, 0.5) is 0 Å². The molecule has 2 aromatic carbocycles. The van der Waals surface area contributed by atoms with Crippen molar-refractivity contribution in [2.24, 2.45) is 11.5 Å². The number of hydrogen-bond donors (Lipinski definition) is 10. The predicted octanol–water partition coefficient (Wildman–Crippen LogP) is -3.81. The van der Waals surface area contributed by atoms with Crippen molar-refractivity contribution in [1.82, 2.24) is 26.6 Å². The van der Waals surface area contributed by atoms with Gasteiger partial charge in [-0.25, -0.2) is 4.79 Å². The third-order valence-corrected chi connectivity index (χ3v) is 6.89. The lowest BCUT2D eigenvalue weighted by Crippen LogP contribution is -2.60. The van der Waals surface area contributed by atoms with Crippen LogP contribution in [-0.4, -0.2) is 106 Å². The molecule has 0 saturated heterocycles. The van der Waals surface area contributed by atoms with E-state index in [-0.39, 0.29) is 12.8 Å². The van der Waals surface area contributed by atoms with E-state index in [1.807, 2.05) is 0 Å². The fourth-order valence-electron chi connectivity index (χ4n) is 4.35. The SMILES string of the molecule is C[C@@H](O)[C@H](NC(=O)CNC(=O)[C@H](Cc1ccccc1)NC(=O)[C@@H](N)CC(N)=O)C(=O)N[C@@H](Cc1ccccc1)C(=O)N[C@@H](CO)C(=O)O. The number of hydrogen-bond acceptors (Lipinski definition) is 10. The number of nitrogens with two attached hydrogens (primary N) is 2. The van der Waals surface area contributed by atoms with Gasteiger partial charge in [0.1, 0.15) is 24.2 Å². The van der Waals surface area contributed by atoms with Crippen molar-refractivity contribution < 1.29 is 48.9 Å². The lowest BCUT2D eigenvalue weighted by molar-refractivity contribution is -0.143. The summed E-state index contributed by atoms with van der Waals surface area (Å²) < 4.78 is 0. The maximum Gasteiger partial charge on any atom is 0.328 e. The number of benzene rings is 2. The maximum atomic E-state index is 13.2. The average molecular weight is 672 g/mol. The van der Waals surface area contributed by atoms with Crippen LogP contribution in [0.3, 0.4) is 0 Å². The largest absolute Gasteiger partial charge is 0.480 e. The topological polar surface area (TPSA) is 292 Å². The number of carboxylic acid groups (broad SMARTS) is 1. The van der Waals surface area contributed by atoms with Gasteiger partial charge in [0.2, 0.25) is 35.4 Å². The van der Waals surface area contributed by atoms with Crippen LogP contribution in [0.25, 0.3) is 0 Å². The summed E-state index contributed by atoms with van der Waals surface area (Å²) in [5.74, 6) is -6.84. The van der Waals surface area contributed by atoms with Gasteiger partial charge < -0.3 is 53.4 Å². The zero-order valence-electron chi connectivity index (χ0n) is 26.1. The number of carboxylic acids is 1. The molecule has 0 spiro atoms. The molecule has 2 aromatic rings. The van der Waals surface area contributed by atoms with Crippen LogP contribution in [0.1, 0.15) is 24.5 Å². The molecule has 0 aliphatic heterocycles. The molecule has 0 fully saturated rings. The van der Waals surface area contributed by atoms with Crippen LogP contribution in [0.15, 0.2) is 60.7 Å². The van der Waals surface area contributed by atoms with Crippen molar-refractivity contribution in [3.8, 4) is 0 Å². The zero-order chi connectivity index (χ0) is 35.8. The Morgan fingerprint density at radius 1 is 0.708 bits per heavy atom. The molecule has 6 atom stereocenters. The van der Waals surface area contributed by atoms with Crippen molar-refractivity contribution in [2.45, 2.75) is 62.5 Å². The quantitative estimate of drug-likeness (QED) is 0.0690. The number of rotatable bonds is 19. The number of nitrogens with one attached hydrogen (secondary N) is 5. The zero-order valence-corrected chi connectivity index (χ0v) is 26.1. The van der Waals surface area contributed by atoms with Crippen molar-refractivity contribution in [3.63, 3.8) is 0 Å². The van der Waals surface area contributed by atoms with E-state index >= 15 is 0 Å². The fraction of sp³-hybridized carbons (Fsp3) is 0.387. The van der Waals surface area contributed by atoms with Gasteiger partial charge in [-0.1, -0.05) is 60.7 Å². The van der Waals surface area contributed by atoms with E-state index in [0.717, 1.165) is 0 Å². The Morgan fingerprint density at radius 2 is 1.19 bits per heavy atom. The van der Waals surface area contributed by atoms with E-state index in [9.17, 15) is 48.9 Å². The molecule has 2 rings (SSSR count). The number of amides is 6. The second-order valence-electron chi connectivity index (χ2n) is 10.9. The van der Waals surface area contributed by atoms with E-state index < -0.39 is 97.3 Å². The highest BCUT2D eigenvalue weighted by Gasteiger charge is 2.32. The molecule has 48 heavy (non-hydrogen) atoms. The van der Waals surface area contributed by atoms with Gasteiger partial charge in [0.05, 0.1) is 31.7 Å². The number of carbonyl (C=O) groups excluding carboxylic acids is 6. The van der Waals surface area contributed by atoms with Gasteiger partial charge in [0.15, 0.2) is 0 Å². The molecule has 0 aromatic heterocycles. The Labute approximate surface area is 275 Å². The van der Waals surface area contributed by atoms with Crippen molar-refractivity contribution in [2.75, 3.05) is 13.2 Å². The van der Waals surface area contributed by atoms with Crippen molar-refractivity contribution >= 4 is 41.4 Å². The summed E-state index contributed by atoms with van der Waals surface area (Å²) in [6.45, 7) is -0.419. The third-order valence-electron chi connectivity index (χ3n) is 6.89. The van der Waals surface area contributed by atoms with Gasteiger partial charge >= 0.3 is 5.97 Å². The number of carbonyl (C=O) groups is 7. The second kappa shape index (κ2) is 19.3. The van der Waals surface area contributed by atoms with Crippen LogP contribution < -0.4 is 38.1 Å². The molecule has 0 aliphatic carbocycles. The summed E-state index contributed by atoms with van der Waals surface area (Å²) in [7, 11) is 0. The highest BCUT2D eigenvalue weighted by molar-refractivity contribution is 5.96. The smallest absolute Gasteiger partial charge is 0.328 e. The van der Waals surface area contributed by atoms with E-state index in [0.29, 0.717) is 11.1 Å². The van der Waals surface area contributed by atoms with Crippen LogP contribution in [0.2, 0.25) is 0 Å². The number of primary amides is 1. The summed E-state index contributed by atoms with van der Waals surface area (Å²) in [6, 6.07) is 9.75. The van der Waals surface area contributed by atoms with Gasteiger partial charge in [-0.05, 0) is 18.1 Å². The molecule has 0 heterocycles. The highest BCUT2D eigenvalue weighted by Crippen LogP contribution is 2.07. The highest BCUT2D eigenvalue weighted by atomic mass is 16.4. The predicted molar refractivity (Wildman–Crippen MR) is 169 cm³/mol. The molecule has 0 radical (unpaired) electrons. The minimum atomic E-state index is -1.65. The van der Waals surface area contributed by atoms with Gasteiger partial charge in [-0.2, -0.15) is 0 Å². The summed E-state index contributed by atoms with van der Waals surface area (Å²) in [4.78, 5) is 87.1. The van der Waals surface area contributed by atoms with Crippen LogP contribution >= 0.6 is 0 Å². The Hall–Kier alpha value is -5.39. The molecule has 17 nitrogen and oxygen atoms in total. The molecular formula is C31H41N7O10. The molecule has 0 aliphatic rings. The maximum absolute atomic E-state index is 13.2. The molecular weight excluding hydrogens is 630 g/mol. The van der Waals surface area contributed by atoms with Crippen molar-refractivity contribution in [1.29, 1.82) is 0 Å². The van der Waals surface area contributed by atoms with Gasteiger partial charge in [-0.15, -0.1) is 0 Å². The lowest BCUT2D eigenvalue weighted by atomic mass is 10.0. The Morgan fingerprint density at radius 3 is 1.65 bits per heavy atom. The monoisotopic (exact) mass is 671 g/mol. The number of aliphatic hydroxyl groups is 2. The second-order valence-corrected chi connectivity index (χ2v) is 10.9. The minimum absolute atomic E-state index is 0.00802. The van der Waals surface area contributed by atoms with E-state index in [2.05, 4.69) is 26.6 Å². The molecule has 0 unspecified atom stereocenters. The van der Waals surface area contributed by atoms with Crippen LogP contribution in [0.5, 0.6) is 0 Å². The van der Waals surface area contributed by atoms with Crippen LogP contribution in [-0.2, 0) is 46.4 Å². The normalized spacial score (nSPS) is 14.5. The first-order valence-corrected chi connectivity index (χ1v) is 14.8. The summed E-state index contributed by atoms with van der Waals surface area (Å²) in [5, 5.41) is 40.4. The summed E-state index contributed by atoms with van der Waals surface area (Å²) in [6.07, 6.45) is -2.08. The lowest BCUT2D eigenvalue weighted by Gasteiger charge is -2.26. The van der Waals surface area contributed by atoms with Crippen molar-refractivity contribution in [3.05, 3.63) is 71.8 Å². The summed E-state index contributed by atoms with van der Waals surface area (Å²) >= 11 is 0. The summed E-state index contributed by atoms with van der Waals surface area (Å²) in [5.41, 5.74) is 12.0. The molecule has 260 valence electrons. The average Bonchev–Trinajstić information content (AvgIpc) is 3.04. The van der Waals surface area contributed by atoms with Gasteiger partial charge in [-0.3, -0.25) is 28.8 Å². The fourth-order valence-corrected chi connectivity index (χ4v) is 4.35. The Bertz CT molecular complexity index is 1430. The molecule has 12 N–H and O–H groups in total. The van der Waals surface area contributed by atoms with E-state index in [1.54, 1.807) is 60.7 Å². The first-order valence-electron chi connectivity index (χ1n) is 14.8. The molecule has 17 heteroatoms. The van der Waals surface area contributed by atoms with Gasteiger partial charge in [0, 0.05) is 12.8 Å². The Balaban J connectivity index is 2.13. The van der Waals surface area contributed by atoms with Gasteiger partial charge in [0.25, 0.3) is 0 Å². The van der Waals surface area contributed by atoms with Crippen LogP contribution in [0, 0.1) is 0 Å². The Kier molecular flexibility index (Phi) is 15.6. The number of aliphatic carboxylic acids is 1. The first-order chi connectivity index (χ1) is 22.7. The third kappa shape index (κ3) is 13.1. The van der Waals surface area contributed by atoms with E-state index in [1.165, 1.54) is 6.92 Å². The standard InChI is InChI=1S/C31H41N7O10/c1-17(40)26(30(46)36-22(13-19-10-6-3-7-11-19)29(45)37-23(16-39)31(47)48)38-25(42)15-34-28(44)21(12-18-8-4-2-5-9-18)35-27(43)20(32)14-24(33)41/h2-11,17,20-23,26,39-40H,12-16,32H2,1H3,(H2,33,41)(H,34,44)(H,35,43)(H,36,46)(H,37,45)(H,38,42)(H,47,48)/t17-,20+,21+,22+,23+,26+/m1/s1. The first kappa shape index (κ1) is 38.8. The van der Waals surface area contributed by atoms with E-state index in [4.69, 9.17) is 11.5 Å².